The van der Waals surface area contributed by atoms with Crippen molar-refractivity contribution < 1.29 is 4.79 Å². The molecule has 2 aromatic carbocycles. The Labute approximate surface area is 193 Å². The van der Waals surface area contributed by atoms with Crippen LogP contribution in [-0.2, 0) is 17.8 Å². The summed E-state index contributed by atoms with van der Waals surface area (Å²) in [5.74, 6) is -0.154. The minimum Gasteiger partial charge on any atom is -0.316 e. The summed E-state index contributed by atoms with van der Waals surface area (Å²) in [5.41, 5.74) is 2.17. The average molecular weight is 461 g/mol. The molecule has 0 radical (unpaired) electrons. The van der Waals surface area contributed by atoms with E-state index in [-0.39, 0.29) is 17.2 Å². The zero-order valence-electron chi connectivity index (χ0n) is 17.2. The number of thiophene rings is 1. The van der Waals surface area contributed by atoms with E-state index in [1.807, 2.05) is 30.3 Å². The van der Waals surface area contributed by atoms with Crippen molar-refractivity contribution in [3.05, 3.63) is 87.5 Å². The molecule has 0 unspecified atom stereocenters. The molecule has 2 heterocycles. The highest BCUT2D eigenvalue weighted by Crippen LogP contribution is 2.23. The fourth-order valence-corrected chi connectivity index (χ4v) is 4.91. The molecule has 0 saturated heterocycles. The number of carbonyl (C=O) groups is 1. The van der Waals surface area contributed by atoms with E-state index in [2.05, 4.69) is 28.5 Å². The van der Waals surface area contributed by atoms with Crippen LogP contribution in [0.2, 0.25) is 0 Å². The van der Waals surface area contributed by atoms with E-state index in [0.717, 1.165) is 12.8 Å². The first-order chi connectivity index (χ1) is 15.7. The number of hydrogen-bond donors (Lipinski definition) is 1. The van der Waals surface area contributed by atoms with Crippen molar-refractivity contribution in [3.63, 3.8) is 0 Å². The molecule has 0 saturated carbocycles. The van der Waals surface area contributed by atoms with Crippen LogP contribution in [0.5, 0.6) is 0 Å². The number of para-hydroxylation sites is 1. The number of thioether (sulfide) groups is 1. The molecule has 0 aliphatic rings. The number of rotatable bonds is 8. The number of amides is 1. The van der Waals surface area contributed by atoms with Crippen LogP contribution in [0, 0.1) is 11.3 Å². The van der Waals surface area contributed by atoms with E-state index < -0.39 is 0 Å². The Morgan fingerprint density at radius 1 is 1.12 bits per heavy atom. The van der Waals surface area contributed by atoms with Crippen LogP contribution in [0.1, 0.15) is 17.5 Å². The Bertz CT molecular complexity index is 1340. The van der Waals surface area contributed by atoms with E-state index in [0.29, 0.717) is 33.2 Å². The molecule has 4 aromatic rings. The highest BCUT2D eigenvalue weighted by Gasteiger charge is 2.14. The molecule has 0 atom stereocenters. The number of aryl methyl sites for hydroxylation is 1. The summed E-state index contributed by atoms with van der Waals surface area (Å²) in [5, 5.41) is 15.3. The van der Waals surface area contributed by atoms with Gasteiger partial charge in [-0.05, 0) is 42.0 Å². The van der Waals surface area contributed by atoms with Gasteiger partial charge in [-0.3, -0.25) is 14.2 Å². The lowest BCUT2D eigenvalue weighted by Crippen LogP contribution is -2.24. The Balaban J connectivity index is 1.52. The van der Waals surface area contributed by atoms with Crippen LogP contribution >= 0.6 is 23.1 Å². The smallest absolute Gasteiger partial charge is 0.262 e. The van der Waals surface area contributed by atoms with Gasteiger partial charge in [-0.2, -0.15) is 5.26 Å². The maximum absolute atomic E-state index is 13.2. The number of carbonyl (C=O) groups excluding carboxylic acids is 1. The average Bonchev–Trinajstić information content (AvgIpc) is 3.27. The van der Waals surface area contributed by atoms with Gasteiger partial charge in [0.1, 0.15) is 11.1 Å². The topological polar surface area (TPSA) is 87.8 Å². The van der Waals surface area contributed by atoms with E-state index in [1.54, 1.807) is 28.1 Å². The molecular weight excluding hydrogens is 440 g/mol. The predicted octanol–water partition coefficient (Wildman–Crippen LogP) is 4.69. The Hall–Kier alpha value is -3.41. The zero-order valence-corrected chi connectivity index (χ0v) is 18.8. The molecule has 0 spiro atoms. The number of benzene rings is 2. The fraction of sp³-hybridized carbons (Fsp3) is 0.167. The van der Waals surface area contributed by atoms with E-state index in [9.17, 15) is 9.59 Å². The second-order valence-electron chi connectivity index (χ2n) is 7.07. The molecule has 160 valence electrons. The van der Waals surface area contributed by atoms with Crippen molar-refractivity contribution >= 4 is 44.9 Å². The summed E-state index contributed by atoms with van der Waals surface area (Å²) in [4.78, 5) is 30.3. The molecule has 6 nitrogen and oxygen atoms in total. The van der Waals surface area contributed by atoms with Crippen LogP contribution in [0.3, 0.4) is 0 Å². The van der Waals surface area contributed by atoms with E-state index >= 15 is 0 Å². The van der Waals surface area contributed by atoms with Crippen LogP contribution in [0.15, 0.2) is 76.0 Å². The second kappa shape index (κ2) is 10.3. The SMILES string of the molecule is N#Cc1ccsc1NC(=O)CSc1nc2ccccc2c(=O)n1CCCc1ccccc1. The summed E-state index contributed by atoms with van der Waals surface area (Å²) in [6.07, 6.45) is 1.63. The largest absolute Gasteiger partial charge is 0.316 e. The maximum Gasteiger partial charge on any atom is 0.262 e. The molecule has 0 bridgehead atoms. The summed E-state index contributed by atoms with van der Waals surface area (Å²) in [6, 6.07) is 21.1. The van der Waals surface area contributed by atoms with Gasteiger partial charge in [0.05, 0.1) is 22.2 Å². The van der Waals surface area contributed by atoms with Gasteiger partial charge in [-0.1, -0.05) is 54.2 Å². The third-order valence-electron chi connectivity index (χ3n) is 4.89. The Morgan fingerprint density at radius 2 is 1.91 bits per heavy atom. The second-order valence-corrected chi connectivity index (χ2v) is 8.93. The molecule has 0 aliphatic heterocycles. The summed E-state index contributed by atoms with van der Waals surface area (Å²) in [7, 11) is 0. The zero-order chi connectivity index (χ0) is 22.3. The molecule has 4 rings (SSSR count). The van der Waals surface area contributed by atoms with Crippen LogP contribution in [0.25, 0.3) is 10.9 Å². The number of nitrogens with zero attached hydrogens (tertiary/aromatic N) is 3. The first-order valence-electron chi connectivity index (χ1n) is 10.1. The van der Waals surface area contributed by atoms with E-state index in [1.165, 1.54) is 28.7 Å². The molecule has 1 amide bonds. The predicted molar refractivity (Wildman–Crippen MR) is 129 cm³/mol. The van der Waals surface area contributed by atoms with Gasteiger partial charge in [0.15, 0.2) is 5.16 Å². The summed E-state index contributed by atoms with van der Waals surface area (Å²) in [6.45, 7) is 0.513. The van der Waals surface area contributed by atoms with Gasteiger partial charge in [0, 0.05) is 6.54 Å². The van der Waals surface area contributed by atoms with Crippen molar-refractivity contribution in [2.24, 2.45) is 0 Å². The fourth-order valence-electron chi connectivity index (χ4n) is 3.33. The van der Waals surface area contributed by atoms with Crippen LogP contribution < -0.4 is 10.9 Å². The number of aromatic nitrogens is 2. The molecular formula is C24H20N4O2S2. The van der Waals surface area contributed by atoms with Gasteiger partial charge in [0.25, 0.3) is 5.56 Å². The first kappa shape index (κ1) is 21.8. The molecule has 0 fully saturated rings. The van der Waals surface area contributed by atoms with Crippen molar-refractivity contribution in [2.75, 3.05) is 11.1 Å². The van der Waals surface area contributed by atoms with Gasteiger partial charge in [-0.25, -0.2) is 4.98 Å². The number of fused-ring (bicyclic) bond motifs is 1. The Kier molecular flexibility index (Phi) is 7.00. The molecule has 8 heteroatoms. The molecule has 0 aliphatic carbocycles. The van der Waals surface area contributed by atoms with Crippen molar-refractivity contribution in [1.29, 1.82) is 5.26 Å². The van der Waals surface area contributed by atoms with Crippen molar-refractivity contribution in [1.82, 2.24) is 9.55 Å². The molecule has 2 aromatic heterocycles. The third kappa shape index (κ3) is 5.07. The van der Waals surface area contributed by atoms with Crippen molar-refractivity contribution in [3.8, 4) is 6.07 Å². The minimum atomic E-state index is -0.243. The summed E-state index contributed by atoms with van der Waals surface area (Å²) >= 11 is 2.53. The maximum atomic E-state index is 13.2. The highest BCUT2D eigenvalue weighted by atomic mass is 32.2. The van der Waals surface area contributed by atoms with Crippen molar-refractivity contribution in [2.45, 2.75) is 24.5 Å². The molecule has 32 heavy (non-hydrogen) atoms. The lowest BCUT2D eigenvalue weighted by Gasteiger charge is -2.13. The Morgan fingerprint density at radius 3 is 2.72 bits per heavy atom. The first-order valence-corrected chi connectivity index (χ1v) is 12.0. The number of hydrogen-bond acceptors (Lipinski definition) is 6. The van der Waals surface area contributed by atoms with Gasteiger partial charge in [-0.15, -0.1) is 11.3 Å². The summed E-state index contributed by atoms with van der Waals surface area (Å²) < 4.78 is 1.66. The molecule has 1 N–H and O–H groups in total. The number of anilines is 1. The van der Waals surface area contributed by atoms with Crippen LogP contribution in [-0.4, -0.2) is 21.2 Å². The van der Waals surface area contributed by atoms with E-state index in [4.69, 9.17) is 5.26 Å². The monoisotopic (exact) mass is 460 g/mol. The lowest BCUT2D eigenvalue weighted by atomic mass is 10.1. The van der Waals surface area contributed by atoms with Gasteiger partial charge >= 0.3 is 0 Å². The highest BCUT2D eigenvalue weighted by molar-refractivity contribution is 7.99. The quantitative estimate of drug-likeness (QED) is 0.304. The third-order valence-corrected chi connectivity index (χ3v) is 6.69. The lowest BCUT2D eigenvalue weighted by molar-refractivity contribution is -0.113. The van der Waals surface area contributed by atoms with Gasteiger partial charge < -0.3 is 5.32 Å². The number of nitrogens with one attached hydrogen (secondary N) is 1. The minimum absolute atomic E-state index is 0.0895. The van der Waals surface area contributed by atoms with Gasteiger partial charge in [0.2, 0.25) is 5.91 Å². The normalized spacial score (nSPS) is 10.7. The standard InChI is InChI=1S/C24H20N4O2S2/c25-15-18-12-14-31-22(18)27-21(29)16-32-24-26-20-11-5-4-10-19(20)23(30)28(24)13-6-9-17-7-2-1-3-8-17/h1-5,7-8,10-12,14H,6,9,13,16H2,(H,27,29). The van der Waals surface area contributed by atoms with Crippen LogP contribution in [0.4, 0.5) is 5.00 Å². The number of nitriles is 1.